The number of piperidine rings is 1. The monoisotopic (exact) mass is 191 g/mol. The van der Waals surface area contributed by atoms with Gasteiger partial charge in [-0.3, -0.25) is 0 Å². The Kier molecular flexibility index (Phi) is 2.77. The Balaban J connectivity index is 2.18. The average Bonchev–Trinajstić information content (AvgIpc) is 2.23. The molecule has 76 valence electrons. The molecule has 3 heteroatoms. The molecule has 0 bridgehead atoms. The molecule has 0 amide bonds. The van der Waals surface area contributed by atoms with Crippen molar-refractivity contribution in [3.05, 3.63) is 23.3 Å². The van der Waals surface area contributed by atoms with Gasteiger partial charge < -0.3 is 5.32 Å². The number of rotatable bonds is 1. The van der Waals surface area contributed by atoms with Crippen LogP contribution in [-0.2, 0) is 0 Å². The average molecular weight is 191 g/mol. The van der Waals surface area contributed by atoms with Crippen LogP contribution in [0.1, 0.15) is 35.8 Å². The first-order valence-corrected chi connectivity index (χ1v) is 5.28. The Labute approximate surface area is 85.0 Å². The van der Waals surface area contributed by atoms with Gasteiger partial charge in [0, 0.05) is 24.4 Å². The van der Waals surface area contributed by atoms with Gasteiger partial charge >= 0.3 is 0 Å². The third kappa shape index (κ3) is 1.93. The van der Waals surface area contributed by atoms with Crippen LogP contribution in [0.2, 0.25) is 0 Å². The summed E-state index contributed by atoms with van der Waals surface area (Å²) in [5.74, 6) is 1.53. The zero-order chi connectivity index (χ0) is 9.97. The standard InChI is InChI=1S/C11H17N3/c1-8-6-13-11(14-9(8)2)10-4-3-5-12-7-10/h6,10,12H,3-5,7H2,1-2H3. The fraction of sp³-hybridized carbons (Fsp3) is 0.636. The van der Waals surface area contributed by atoms with Crippen LogP contribution in [0.25, 0.3) is 0 Å². The molecule has 1 aromatic heterocycles. The first-order chi connectivity index (χ1) is 6.77. The van der Waals surface area contributed by atoms with Gasteiger partial charge in [0.1, 0.15) is 5.82 Å². The Hall–Kier alpha value is -0.960. The topological polar surface area (TPSA) is 37.8 Å². The van der Waals surface area contributed by atoms with Gasteiger partial charge in [0.05, 0.1) is 0 Å². The van der Waals surface area contributed by atoms with E-state index in [2.05, 4.69) is 29.1 Å². The second-order valence-electron chi connectivity index (χ2n) is 4.04. The summed E-state index contributed by atoms with van der Waals surface area (Å²) in [6.45, 7) is 6.28. The molecule has 0 aromatic carbocycles. The molecule has 1 N–H and O–H groups in total. The van der Waals surface area contributed by atoms with Crippen LogP contribution in [0.4, 0.5) is 0 Å². The van der Waals surface area contributed by atoms with Gasteiger partial charge in [-0.05, 0) is 38.8 Å². The predicted octanol–water partition coefficient (Wildman–Crippen LogP) is 1.56. The summed E-state index contributed by atoms with van der Waals surface area (Å²) < 4.78 is 0. The second-order valence-corrected chi connectivity index (χ2v) is 4.04. The van der Waals surface area contributed by atoms with E-state index in [0.29, 0.717) is 5.92 Å². The van der Waals surface area contributed by atoms with Gasteiger partial charge in [-0.25, -0.2) is 9.97 Å². The van der Waals surface area contributed by atoms with Crippen LogP contribution in [0, 0.1) is 13.8 Å². The van der Waals surface area contributed by atoms with Crippen molar-refractivity contribution in [2.75, 3.05) is 13.1 Å². The second kappa shape index (κ2) is 4.05. The van der Waals surface area contributed by atoms with E-state index < -0.39 is 0 Å². The molecule has 1 aliphatic rings. The van der Waals surface area contributed by atoms with Crippen LogP contribution in [0.15, 0.2) is 6.20 Å². The normalized spacial score (nSPS) is 22.3. The van der Waals surface area contributed by atoms with Crippen molar-refractivity contribution in [2.24, 2.45) is 0 Å². The van der Waals surface area contributed by atoms with Gasteiger partial charge in [0.25, 0.3) is 0 Å². The third-order valence-corrected chi connectivity index (χ3v) is 2.91. The molecule has 2 rings (SSSR count). The van der Waals surface area contributed by atoms with E-state index in [-0.39, 0.29) is 0 Å². The lowest BCUT2D eigenvalue weighted by Gasteiger charge is -2.21. The van der Waals surface area contributed by atoms with Crippen LogP contribution in [-0.4, -0.2) is 23.1 Å². The summed E-state index contributed by atoms with van der Waals surface area (Å²) in [7, 11) is 0. The first kappa shape index (κ1) is 9.59. The van der Waals surface area contributed by atoms with Crippen LogP contribution in [0.3, 0.4) is 0 Å². The fourth-order valence-electron chi connectivity index (χ4n) is 1.81. The molecule has 2 heterocycles. The zero-order valence-electron chi connectivity index (χ0n) is 8.88. The van der Waals surface area contributed by atoms with Crippen LogP contribution >= 0.6 is 0 Å². The fourth-order valence-corrected chi connectivity index (χ4v) is 1.81. The van der Waals surface area contributed by atoms with Crippen molar-refractivity contribution in [1.82, 2.24) is 15.3 Å². The molecule has 3 nitrogen and oxygen atoms in total. The summed E-state index contributed by atoms with van der Waals surface area (Å²) in [5.41, 5.74) is 2.29. The Morgan fingerprint density at radius 2 is 2.29 bits per heavy atom. The minimum absolute atomic E-state index is 0.517. The van der Waals surface area contributed by atoms with Crippen molar-refractivity contribution < 1.29 is 0 Å². The van der Waals surface area contributed by atoms with Crippen LogP contribution < -0.4 is 5.32 Å². The van der Waals surface area contributed by atoms with Gasteiger partial charge in [0.15, 0.2) is 0 Å². The molecule has 14 heavy (non-hydrogen) atoms. The Morgan fingerprint density at radius 3 is 2.93 bits per heavy atom. The molecule has 1 fully saturated rings. The van der Waals surface area contributed by atoms with Crippen molar-refractivity contribution in [3.8, 4) is 0 Å². The molecular formula is C11H17N3. The molecule has 1 aromatic rings. The van der Waals surface area contributed by atoms with E-state index >= 15 is 0 Å². The third-order valence-electron chi connectivity index (χ3n) is 2.91. The molecule has 0 aliphatic carbocycles. The van der Waals surface area contributed by atoms with E-state index in [1.165, 1.54) is 18.4 Å². The zero-order valence-corrected chi connectivity index (χ0v) is 8.88. The summed E-state index contributed by atoms with van der Waals surface area (Å²) in [6, 6.07) is 0. The summed E-state index contributed by atoms with van der Waals surface area (Å²) >= 11 is 0. The number of aryl methyl sites for hydroxylation is 2. The minimum atomic E-state index is 0.517. The smallest absolute Gasteiger partial charge is 0.132 e. The summed E-state index contributed by atoms with van der Waals surface area (Å²) in [6.07, 6.45) is 4.39. The predicted molar refractivity (Wildman–Crippen MR) is 56.4 cm³/mol. The van der Waals surface area contributed by atoms with Crippen molar-refractivity contribution in [3.63, 3.8) is 0 Å². The van der Waals surface area contributed by atoms with E-state index in [1.807, 2.05) is 6.20 Å². The molecule has 0 spiro atoms. The maximum absolute atomic E-state index is 4.55. The van der Waals surface area contributed by atoms with E-state index in [9.17, 15) is 0 Å². The molecule has 1 saturated heterocycles. The molecule has 0 radical (unpaired) electrons. The molecule has 1 aliphatic heterocycles. The summed E-state index contributed by atoms with van der Waals surface area (Å²) in [5, 5.41) is 3.39. The molecular weight excluding hydrogens is 174 g/mol. The largest absolute Gasteiger partial charge is 0.316 e. The van der Waals surface area contributed by atoms with Crippen molar-refractivity contribution in [1.29, 1.82) is 0 Å². The number of hydrogen-bond donors (Lipinski definition) is 1. The van der Waals surface area contributed by atoms with Gasteiger partial charge in [0.2, 0.25) is 0 Å². The molecule has 0 saturated carbocycles. The highest BCUT2D eigenvalue weighted by molar-refractivity contribution is 5.15. The minimum Gasteiger partial charge on any atom is -0.316 e. The van der Waals surface area contributed by atoms with Crippen molar-refractivity contribution in [2.45, 2.75) is 32.6 Å². The van der Waals surface area contributed by atoms with Crippen LogP contribution in [0.5, 0.6) is 0 Å². The lowest BCUT2D eigenvalue weighted by Crippen LogP contribution is -2.29. The Bertz CT molecular complexity index is 316. The van der Waals surface area contributed by atoms with E-state index in [0.717, 1.165) is 24.6 Å². The van der Waals surface area contributed by atoms with Gasteiger partial charge in [-0.2, -0.15) is 0 Å². The van der Waals surface area contributed by atoms with E-state index in [1.54, 1.807) is 0 Å². The van der Waals surface area contributed by atoms with E-state index in [4.69, 9.17) is 0 Å². The summed E-state index contributed by atoms with van der Waals surface area (Å²) in [4.78, 5) is 8.96. The molecule has 1 atom stereocenters. The maximum Gasteiger partial charge on any atom is 0.132 e. The number of hydrogen-bond acceptors (Lipinski definition) is 3. The maximum atomic E-state index is 4.55. The highest BCUT2D eigenvalue weighted by Crippen LogP contribution is 2.20. The van der Waals surface area contributed by atoms with Crippen molar-refractivity contribution >= 4 is 0 Å². The van der Waals surface area contributed by atoms with Gasteiger partial charge in [-0.1, -0.05) is 0 Å². The highest BCUT2D eigenvalue weighted by Gasteiger charge is 2.17. The number of aromatic nitrogens is 2. The first-order valence-electron chi connectivity index (χ1n) is 5.28. The van der Waals surface area contributed by atoms with Gasteiger partial charge in [-0.15, -0.1) is 0 Å². The highest BCUT2D eigenvalue weighted by atomic mass is 14.9. The molecule has 1 unspecified atom stereocenters. The number of nitrogens with one attached hydrogen (secondary N) is 1. The quantitative estimate of drug-likeness (QED) is 0.732. The Morgan fingerprint density at radius 1 is 1.43 bits per heavy atom. The SMILES string of the molecule is Cc1cnc(C2CCCNC2)nc1C. The number of nitrogens with zero attached hydrogens (tertiary/aromatic N) is 2. The lowest BCUT2D eigenvalue weighted by atomic mass is 9.99. The lowest BCUT2D eigenvalue weighted by molar-refractivity contribution is 0.445.